The van der Waals surface area contributed by atoms with E-state index < -0.39 is 26.6 Å². The molecule has 1 aliphatic rings. The summed E-state index contributed by atoms with van der Waals surface area (Å²) in [4.78, 5) is 11.7. The van der Waals surface area contributed by atoms with Crippen LogP contribution in [0.15, 0.2) is 41.3 Å². The van der Waals surface area contributed by atoms with Crippen molar-refractivity contribution in [2.24, 2.45) is 0 Å². The van der Waals surface area contributed by atoms with Crippen LogP contribution in [-0.4, -0.2) is 20.9 Å². The van der Waals surface area contributed by atoms with E-state index in [1.54, 1.807) is 6.07 Å². The van der Waals surface area contributed by atoms with Crippen molar-refractivity contribution in [2.75, 3.05) is 6.54 Å². The molecule has 5 nitrogen and oxygen atoms in total. The molecular weight excluding hydrogens is 398 g/mol. The minimum Gasteiger partial charge on any atom is -0.349 e. The monoisotopic (exact) mass is 414 g/mol. The molecule has 1 amide bonds. The fourth-order valence-corrected chi connectivity index (χ4v) is 4.27. The van der Waals surface area contributed by atoms with Gasteiger partial charge in [0.05, 0.1) is 10.9 Å². The summed E-state index contributed by atoms with van der Waals surface area (Å²) in [6.07, 6.45) is 1.48. The Balaban J connectivity index is 1.54. The van der Waals surface area contributed by atoms with E-state index in [1.165, 1.54) is 0 Å². The fourth-order valence-electron chi connectivity index (χ4n) is 3.03. The standard InChI is InChI=1S/C18H17ClF2N2O3S/c19-12-2-4-14-11(9-12)1-6-17(14)23-18(24)7-8-22-27(25,26)13-3-5-15(20)16(21)10-13/h2-5,9-10,17,22H,1,6-8H2,(H,23,24). The average Bonchev–Trinajstić information content (AvgIpc) is 2.98. The second kappa shape index (κ2) is 7.92. The second-order valence-corrected chi connectivity index (χ2v) is 8.43. The van der Waals surface area contributed by atoms with Gasteiger partial charge in [-0.3, -0.25) is 4.79 Å². The lowest BCUT2D eigenvalue weighted by Gasteiger charge is -2.14. The summed E-state index contributed by atoms with van der Waals surface area (Å²) in [5.41, 5.74) is 2.10. The molecule has 3 rings (SSSR count). The first-order valence-corrected chi connectivity index (χ1v) is 10.1. The Bertz CT molecular complexity index is 983. The first kappa shape index (κ1) is 19.7. The van der Waals surface area contributed by atoms with Crippen molar-refractivity contribution in [3.8, 4) is 0 Å². The third-order valence-electron chi connectivity index (χ3n) is 4.36. The topological polar surface area (TPSA) is 75.3 Å². The molecule has 2 aromatic rings. The molecule has 144 valence electrons. The summed E-state index contributed by atoms with van der Waals surface area (Å²) in [5, 5.41) is 3.52. The van der Waals surface area contributed by atoms with Gasteiger partial charge in [0.15, 0.2) is 11.6 Å². The summed E-state index contributed by atoms with van der Waals surface area (Å²) in [7, 11) is -4.03. The summed E-state index contributed by atoms with van der Waals surface area (Å²) in [6, 6.07) is 7.68. The number of fused-ring (bicyclic) bond motifs is 1. The van der Waals surface area contributed by atoms with Gasteiger partial charge >= 0.3 is 0 Å². The van der Waals surface area contributed by atoms with E-state index in [0.717, 1.165) is 36.1 Å². The molecule has 0 saturated carbocycles. The summed E-state index contributed by atoms with van der Waals surface area (Å²) >= 11 is 5.96. The molecule has 1 aliphatic carbocycles. The molecule has 2 aromatic carbocycles. The zero-order valence-corrected chi connectivity index (χ0v) is 15.7. The smallest absolute Gasteiger partial charge is 0.240 e. The molecule has 0 saturated heterocycles. The number of rotatable bonds is 6. The van der Waals surface area contributed by atoms with Crippen molar-refractivity contribution < 1.29 is 22.0 Å². The minimum atomic E-state index is -4.03. The van der Waals surface area contributed by atoms with E-state index in [1.807, 2.05) is 12.1 Å². The van der Waals surface area contributed by atoms with Crippen LogP contribution in [-0.2, 0) is 21.2 Å². The molecule has 2 N–H and O–H groups in total. The number of sulfonamides is 1. The summed E-state index contributed by atoms with van der Waals surface area (Å²) in [6.45, 7) is -0.159. The molecule has 0 fully saturated rings. The van der Waals surface area contributed by atoms with Gasteiger partial charge in [-0.05, 0) is 54.3 Å². The first-order valence-electron chi connectivity index (χ1n) is 8.28. The van der Waals surface area contributed by atoms with Gasteiger partial charge in [-0.2, -0.15) is 0 Å². The highest BCUT2D eigenvalue weighted by atomic mass is 35.5. The Labute approximate surface area is 160 Å². The van der Waals surface area contributed by atoms with E-state index in [0.29, 0.717) is 11.1 Å². The maximum absolute atomic E-state index is 13.2. The van der Waals surface area contributed by atoms with Gasteiger partial charge in [0.1, 0.15) is 0 Å². The van der Waals surface area contributed by atoms with Crippen molar-refractivity contribution >= 4 is 27.5 Å². The molecule has 1 unspecified atom stereocenters. The van der Waals surface area contributed by atoms with Crippen molar-refractivity contribution in [2.45, 2.75) is 30.2 Å². The molecule has 0 bridgehead atoms. The van der Waals surface area contributed by atoms with Gasteiger partial charge in [-0.25, -0.2) is 21.9 Å². The number of nitrogens with one attached hydrogen (secondary N) is 2. The highest BCUT2D eigenvalue weighted by molar-refractivity contribution is 7.89. The lowest BCUT2D eigenvalue weighted by Crippen LogP contribution is -2.32. The first-order chi connectivity index (χ1) is 12.8. The van der Waals surface area contributed by atoms with Crippen LogP contribution in [0.1, 0.15) is 30.0 Å². The minimum absolute atomic E-state index is 0.0810. The van der Waals surface area contributed by atoms with E-state index in [4.69, 9.17) is 11.6 Å². The molecule has 0 spiro atoms. The van der Waals surface area contributed by atoms with Crippen LogP contribution in [0.2, 0.25) is 5.02 Å². The average molecular weight is 415 g/mol. The third-order valence-corrected chi connectivity index (χ3v) is 6.06. The van der Waals surface area contributed by atoms with Gasteiger partial charge in [0.2, 0.25) is 15.9 Å². The summed E-state index contributed by atoms with van der Waals surface area (Å²) in [5.74, 6) is -2.70. The van der Waals surface area contributed by atoms with Crippen LogP contribution in [0, 0.1) is 11.6 Å². The summed E-state index contributed by atoms with van der Waals surface area (Å²) < 4.78 is 52.5. The molecule has 27 heavy (non-hydrogen) atoms. The quantitative estimate of drug-likeness (QED) is 0.762. The number of aryl methyl sites for hydroxylation is 1. The molecule has 1 atom stereocenters. The maximum atomic E-state index is 13.2. The Morgan fingerprint density at radius 1 is 1.15 bits per heavy atom. The zero-order valence-electron chi connectivity index (χ0n) is 14.1. The zero-order chi connectivity index (χ0) is 19.6. The lowest BCUT2D eigenvalue weighted by atomic mass is 10.1. The van der Waals surface area contributed by atoms with Gasteiger partial charge in [0.25, 0.3) is 0 Å². The van der Waals surface area contributed by atoms with Crippen molar-refractivity contribution in [1.82, 2.24) is 10.0 Å². The Morgan fingerprint density at radius 3 is 2.67 bits per heavy atom. The van der Waals surface area contributed by atoms with Crippen LogP contribution in [0.5, 0.6) is 0 Å². The number of carbonyl (C=O) groups excluding carboxylic acids is 1. The number of halogens is 3. The Hall–Kier alpha value is -2.03. The molecule has 0 aliphatic heterocycles. The number of amides is 1. The predicted molar refractivity (Wildman–Crippen MR) is 96.8 cm³/mol. The van der Waals surface area contributed by atoms with Crippen LogP contribution in [0.4, 0.5) is 8.78 Å². The van der Waals surface area contributed by atoms with Crippen LogP contribution in [0.25, 0.3) is 0 Å². The number of carbonyl (C=O) groups is 1. The largest absolute Gasteiger partial charge is 0.349 e. The highest BCUT2D eigenvalue weighted by Gasteiger charge is 2.24. The van der Waals surface area contributed by atoms with E-state index in [2.05, 4.69) is 10.0 Å². The SMILES string of the molecule is O=C(CCNS(=O)(=O)c1ccc(F)c(F)c1)NC1CCc2cc(Cl)ccc21. The Kier molecular flexibility index (Phi) is 5.78. The molecule has 0 radical (unpaired) electrons. The second-order valence-electron chi connectivity index (χ2n) is 6.23. The van der Waals surface area contributed by atoms with Crippen LogP contribution < -0.4 is 10.0 Å². The maximum Gasteiger partial charge on any atom is 0.240 e. The van der Waals surface area contributed by atoms with Crippen LogP contribution in [0.3, 0.4) is 0 Å². The number of benzene rings is 2. The van der Waals surface area contributed by atoms with Crippen molar-refractivity contribution in [1.29, 1.82) is 0 Å². The number of hydrogen-bond donors (Lipinski definition) is 2. The van der Waals surface area contributed by atoms with Gasteiger partial charge in [-0.1, -0.05) is 17.7 Å². The predicted octanol–water partition coefficient (Wildman–Crippen LogP) is 3.09. The van der Waals surface area contributed by atoms with Crippen molar-refractivity contribution in [3.63, 3.8) is 0 Å². The van der Waals surface area contributed by atoms with Gasteiger partial charge < -0.3 is 5.32 Å². The van der Waals surface area contributed by atoms with Gasteiger partial charge in [-0.15, -0.1) is 0 Å². The molecule has 9 heteroatoms. The van der Waals surface area contributed by atoms with E-state index in [9.17, 15) is 22.0 Å². The molecule has 0 heterocycles. The fraction of sp³-hybridized carbons (Fsp3) is 0.278. The lowest BCUT2D eigenvalue weighted by molar-refractivity contribution is -0.121. The third kappa shape index (κ3) is 4.63. The van der Waals surface area contributed by atoms with Crippen molar-refractivity contribution in [3.05, 3.63) is 64.2 Å². The number of hydrogen-bond acceptors (Lipinski definition) is 3. The normalized spacial score (nSPS) is 16.2. The Morgan fingerprint density at radius 2 is 1.93 bits per heavy atom. The van der Waals surface area contributed by atoms with E-state index in [-0.39, 0.29) is 24.9 Å². The van der Waals surface area contributed by atoms with E-state index >= 15 is 0 Å². The van der Waals surface area contributed by atoms with Gasteiger partial charge in [0, 0.05) is 18.0 Å². The molecule has 0 aromatic heterocycles. The highest BCUT2D eigenvalue weighted by Crippen LogP contribution is 2.32. The van der Waals surface area contributed by atoms with Crippen LogP contribution >= 0.6 is 11.6 Å². The molecular formula is C18H17ClF2N2O3S.